The number of carbonyl (C=O) groups excluding carboxylic acids is 4. The Balaban J connectivity index is 1.26. The number of fused-ring (bicyclic) bond motifs is 1. The maximum Gasteiger partial charge on any atom is 0.410 e. The van der Waals surface area contributed by atoms with E-state index >= 15 is 0 Å². The first-order valence-electron chi connectivity index (χ1n) is 19.5. The Morgan fingerprint density at radius 2 is 1.85 bits per heavy atom. The number of halogens is 1. The maximum absolute atomic E-state index is 14.7. The Morgan fingerprint density at radius 3 is 2.49 bits per heavy atom. The van der Waals surface area contributed by atoms with E-state index in [1.165, 1.54) is 15.4 Å². The highest BCUT2D eigenvalue weighted by molar-refractivity contribution is 8.16. The molecule has 1 aromatic rings. The van der Waals surface area contributed by atoms with Crippen molar-refractivity contribution in [1.29, 1.82) is 0 Å². The van der Waals surface area contributed by atoms with Gasteiger partial charge in [-0.1, -0.05) is 89.0 Å². The summed E-state index contributed by atoms with van der Waals surface area (Å²) < 4.78 is 33.7. The summed E-state index contributed by atoms with van der Waals surface area (Å²) >= 11 is 7.98. The van der Waals surface area contributed by atoms with Crippen LogP contribution < -0.4 is 10.0 Å². The Labute approximate surface area is 334 Å². The van der Waals surface area contributed by atoms with Gasteiger partial charge in [0.2, 0.25) is 15.9 Å². The zero-order chi connectivity index (χ0) is 39.9. The van der Waals surface area contributed by atoms with Crippen LogP contribution in [0.1, 0.15) is 110 Å². The molecule has 3 aliphatic heterocycles. The molecule has 12 nitrogen and oxygen atoms in total. The minimum Gasteiger partial charge on any atom is -0.444 e. The molecular formula is C40H54ClN5O7S2. The van der Waals surface area contributed by atoms with Crippen LogP contribution in [-0.4, -0.2) is 76.6 Å². The van der Waals surface area contributed by atoms with Crippen molar-refractivity contribution in [1.82, 2.24) is 19.8 Å². The van der Waals surface area contributed by atoms with Crippen LogP contribution in [0.25, 0.3) is 0 Å². The van der Waals surface area contributed by atoms with Gasteiger partial charge in [-0.3, -0.25) is 29.0 Å². The van der Waals surface area contributed by atoms with Crippen LogP contribution in [0.4, 0.5) is 4.79 Å². The Hall–Kier alpha value is -3.36. The molecule has 6 rings (SSSR count). The molecule has 5 aliphatic rings. The van der Waals surface area contributed by atoms with Gasteiger partial charge in [-0.25, -0.2) is 13.2 Å². The minimum absolute atomic E-state index is 0.00964. The molecule has 3 heterocycles. The van der Waals surface area contributed by atoms with E-state index < -0.39 is 62.2 Å². The van der Waals surface area contributed by atoms with Crippen LogP contribution in [0, 0.1) is 17.3 Å². The van der Waals surface area contributed by atoms with E-state index in [2.05, 4.69) is 29.3 Å². The smallest absolute Gasteiger partial charge is 0.410 e. The average Bonchev–Trinajstić information content (AvgIpc) is 3.99. The summed E-state index contributed by atoms with van der Waals surface area (Å²) in [5.41, 5.74) is 1.43. The number of hydrogen-bond acceptors (Lipinski definition) is 9. The van der Waals surface area contributed by atoms with Gasteiger partial charge in [-0.2, -0.15) is 0 Å². The monoisotopic (exact) mass is 815 g/mol. The highest BCUT2D eigenvalue weighted by Gasteiger charge is 2.62. The largest absolute Gasteiger partial charge is 0.444 e. The van der Waals surface area contributed by atoms with Crippen molar-refractivity contribution in [3.8, 4) is 0 Å². The highest BCUT2D eigenvalue weighted by atomic mass is 35.5. The Kier molecular flexibility index (Phi) is 12.2. The van der Waals surface area contributed by atoms with Gasteiger partial charge in [-0.15, -0.1) is 0 Å². The van der Waals surface area contributed by atoms with Gasteiger partial charge in [0.1, 0.15) is 17.7 Å². The van der Waals surface area contributed by atoms with Crippen molar-refractivity contribution < 1.29 is 32.3 Å². The number of thioether (sulfide) groups is 1. The van der Waals surface area contributed by atoms with Crippen LogP contribution in [0.3, 0.4) is 0 Å². The lowest BCUT2D eigenvalue weighted by atomic mass is 9.86. The number of allylic oxidation sites excluding steroid dienone is 1. The number of hydrogen-bond donors (Lipinski definition) is 2. The summed E-state index contributed by atoms with van der Waals surface area (Å²) in [5, 5.41) is 5.90. The standard InChI is InChI=1S/C40H54ClN5O7S2/c1-7-27-18-40(27,37(49)44-55(51,52)29-15-16-29)43-35(47)33-17-28(53-38(50)45-20-25-12-10-13-32(41)30(25)22-45)21-46(33)36(48)31(39(4,5)6)19-42-34-14-9-8-11-26(23-54-34)24(2)3/h10,12-13,19,23-24,27-29,33H,7-9,11,14-18,20-22H2,1-6H3,(H,43,47)(H,44,49)/b26-23?,31-19-,42-34?. The Bertz CT molecular complexity index is 1920. The lowest BCUT2D eigenvalue weighted by Crippen LogP contribution is -2.57. The van der Waals surface area contributed by atoms with Gasteiger partial charge in [0, 0.05) is 29.8 Å². The van der Waals surface area contributed by atoms with Crippen LogP contribution in [0.15, 0.2) is 45.9 Å². The lowest BCUT2D eigenvalue weighted by Gasteiger charge is -2.30. The molecule has 0 spiro atoms. The van der Waals surface area contributed by atoms with Crippen molar-refractivity contribution in [3.05, 3.63) is 57.1 Å². The van der Waals surface area contributed by atoms with Crippen LogP contribution in [0.2, 0.25) is 5.02 Å². The number of rotatable bonds is 10. The van der Waals surface area contributed by atoms with Gasteiger partial charge in [0.15, 0.2) is 0 Å². The van der Waals surface area contributed by atoms with E-state index in [4.69, 9.17) is 21.3 Å². The van der Waals surface area contributed by atoms with Crippen molar-refractivity contribution in [2.75, 3.05) is 6.54 Å². The molecule has 4 atom stereocenters. The normalized spacial score (nSPS) is 26.6. The zero-order valence-electron chi connectivity index (χ0n) is 32.7. The number of likely N-dealkylation sites (tertiary alicyclic amines) is 1. The van der Waals surface area contributed by atoms with E-state index in [0.717, 1.165) is 41.9 Å². The average molecular weight is 816 g/mol. The quantitative estimate of drug-likeness (QED) is 0.244. The van der Waals surface area contributed by atoms with Gasteiger partial charge in [-0.05, 0) is 84.8 Å². The molecule has 2 saturated carbocycles. The van der Waals surface area contributed by atoms with E-state index in [1.807, 2.05) is 39.8 Å². The Morgan fingerprint density at radius 1 is 1.13 bits per heavy atom. The van der Waals surface area contributed by atoms with Crippen molar-refractivity contribution in [2.45, 2.75) is 135 Å². The van der Waals surface area contributed by atoms with Gasteiger partial charge in [0.05, 0.1) is 23.4 Å². The molecule has 0 bridgehead atoms. The second-order valence-electron chi connectivity index (χ2n) is 16.9. The predicted octanol–water partition coefficient (Wildman–Crippen LogP) is 6.83. The fraction of sp³-hybridized carbons (Fsp3) is 0.625. The predicted molar refractivity (Wildman–Crippen MR) is 214 cm³/mol. The number of nitrogens with zero attached hydrogens (tertiary/aromatic N) is 3. The number of aliphatic imine (C=N–C) groups is 1. The third-order valence-corrected chi connectivity index (χ3v) is 14.6. The maximum atomic E-state index is 14.7. The molecule has 1 saturated heterocycles. The van der Waals surface area contributed by atoms with Crippen LogP contribution >= 0.6 is 23.4 Å². The molecule has 1 aromatic carbocycles. The SMILES string of the molecule is CCC1CC1(NC(=O)C1CC(OC(=O)N2Cc3cccc(Cl)c3C2)CN1C(=O)/C(=C/N=C1CCCCC(C(C)C)=CS1)C(C)(C)C)C(=O)NS(=O)(=O)C1CC1. The molecule has 2 aliphatic carbocycles. The molecule has 0 radical (unpaired) electrons. The fourth-order valence-electron chi connectivity index (χ4n) is 7.63. The third kappa shape index (κ3) is 9.28. The molecule has 0 aromatic heterocycles. The van der Waals surface area contributed by atoms with Gasteiger partial charge < -0.3 is 15.0 Å². The summed E-state index contributed by atoms with van der Waals surface area (Å²) in [6.45, 7) is 12.5. The van der Waals surface area contributed by atoms with Crippen molar-refractivity contribution >= 4 is 62.2 Å². The highest BCUT2D eigenvalue weighted by Crippen LogP contribution is 2.47. The number of amides is 4. The molecule has 2 N–H and O–H groups in total. The lowest BCUT2D eigenvalue weighted by molar-refractivity contribution is -0.138. The number of benzene rings is 1. The summed E-state index contributed by atoms with van der Waals surface area (Å²) in [5.74, 6) is -1.64. The summed E-state index contributed by atoms with van der Waals surface area (Å²) in [4.78, 5) is 63.9. The third-order valence-electron chi connectivity index (χ3n) is 11.4. The number of carbonyl (C=O) groups is 4. The van der Waals surface area contributed by atoms with Gasteiger partial charge in [0.25, 0.3) is 11.8 Å². The van der Waals surface area contributed by atoms with E-state index in [9.17, 15) is 27.6 Å². The summed E-state index contributed by atoms with van der Waals surface area (Å²) in [6.07, 6.45) is 5.84. The number of ether oxygens (including phenoxy) is 1. The van der Waals surface area contributed by atoms with Crippen LogP contribution in [0.5, 0.6) is 0 Å². The fourth-order valence-corrected chi connectivity index (χ4v) is 10.3. The molecule has 55 heavy (non-hydrogen) atoms. The molecule has 15 heteroatoms. The number of nitrogens with one attached hydrogen (secondary N) is 2. The minimum atomic E-state index is -3.86. The topological polar surface area (TPSA) is 155 Å². The van der Waals surface area contributed by atoms with Crippen molar-refractivity contribution in [2.24, 2.45) is 22.2 Å². The first kappa shape index (κ1) is 41.3. The molecular weight excluding hydrogens is 762 g/mol. The molecule has 3 fully saturated rings. The van der Waals surface area contributed by atoms with Crippen molar-refractivity contribution in [3.63, 3.8) is 0 Å². The number of sulfonamides is 1. The van der Waals surface area contributed by atoms with E-state index in [0.29, 0.717) is 42.3 Å². The van der Waals surface area contributed by atoms with Gasteiger partial charge >= 0.3 is 6.09 Å². The molecule has 300 valence electrons. The van der Waals surface area contributed by atoms with E-state index in [-0.39, 0.29) is 31.8 Å². The summed E-state index contributed by atoms with van der Waals surface area (Å²) in [7, 11) is -3.86. The van der Waals surface area contributed by atoms with E-state index in [1.54, 1.807) is 24.0 Å². The molecule has 4 unspecified atom stereocenters. The summed E-state index contributed by atoms with van der Waals surface area (Å²) in [6, 6.07) is 4.41. The zero-order valence-corrected chi connectivity index (χ0v) is 35.0. The molecule has 4 amide bonds. The second kappa shape index (κ2) is 16.2. The first-order valence-corrected chi connectivity index (χ1v) is 22.3. The second-order valence-corrected chi connectivity index (χ2v) is 20.2. The first-order chi connectivity index (χ1) is 25.9. The van der Waals surface area contributed by atoms with Crippen LogP contribution in [-0.2, 0) is 42.2 Å².